The number of para-hydroxylation sites is 1. The van der Waals surface area contributed by atoms with Crippen LogP contribution < -0.4 is 24.4 Å². The van der Waals surface area contributed by atoms with Crippen molar-refractivity contribution in [2.24, 2.45) is 0 Å². The van der Waals surface area contributed by atoms with Crippen molar-refractivity contribution in [2.75, 3.05) is 18.3 Å². The lowest BCUT2D eigenvalue weighted by atomic mass is 9.77. The van der Waals surface area contributed by atoms with Gasteiger partial charge < -0.3 is 28.8 Å². The Kier molecular flexibility index (Phi) is 4.75. The molecule has 4 aromatic rings. The molecule has 0 radical (unpaired) electrons. The number of carbonyl (C=O) groups excluding carboxylic acids is 2. The molecule has 8 heteroatoms. The minimum absolute atomic E-state index is 0.0495. The summed E-state index contributed by atoms with van der Waals surface area (Å²) in [5.41, 5.74) is 3.05. The highest BCUT2D eigenvalue weighted by Crippen LogP contribution is 2.55. The van der Waals surface area contributed by atoms with Crippen LogP contribution in [0.4, 0.5) is 5.69 Å². The van der Waals surface area contributed by atoms with Crippen molar-refractivity contribution in [2.45, 2.75) is 18.5 Å². The van der Waals surface area contributed by atoms with Crippen molar-refractivity contribution < 1.29 is 28.2 Å². The van der Waals surface area contributed by atoms with Gasteiger partial charge in [-0.05, 0) is 47.5 Å². The number of hydrogen-bond donors (Lipinski definition) is 1. The van der Waals surface area contributed by atoms with Crippen LogP contribution in [0.2, 0.25) is 0 Å². The lowest BCUT2D eigenvalue weighted by Crippen LogP contribution is -2.42. The molecule has 3 aliphatic heterocycles. The highest BCUT2D eigenvalue weighted by molar-refractivity contribution is 6.11. The van der Waals surface area contributed by atoms with Gasteiger partial charge in [-0.2, -0.15) is 0 Å². The second kappa shape index (κ2) is 8.16. The molecule has 1 atom stereocenters. The van der Waals surface area contributed by atoms with E-state index in [1.54, 1.807) is 35.4 Å². The van der Waals surface area contributed by atoms with Crippen molar-refractivity contribution in [1.29, 1.82) is 0 Å². The Morgan fingerprint density at radius 1 is 0.892 bits per heavy atom. The summed E-state index contributed by atoms with van der Waals surface area (Å²) in [5, 5.41) is 2.84. The minimum Gasteiger partial charge on any atom is -0.491 e. The fraction of sp³-hybridized carbons (Fsp3) is 0.172. The lowest BCUT2D eigenvalue weighted by molar-refractivity contribution is -0.122. The fourth-order valence-electron chi connectivity index (χ4n) is 5.35. The van der Waals surface area contributed by atoms with Gasteiger partial charge in [0.1, 0.15) is 23.5 Å². The molecule has 0 saturated carbocycles. The van der Waals surface area contributed by atoms with Crippen LogP contribution in [0.15, 0.2) is 83.5 Å². The van der Waals surface area contributed by atoms with Crippen LogP contribution in [0, 0.1) is 0 Å². The average Bonchev–Trinajstić information content (AvgIpc) is 3.72. The van der Waals surface area contributed by atoms with E-state index in [2.05, 4.69) is 5.32 Å². The minimum atomic E-state index is -0.946. The second-order valence-corrected chi connectivity index (χ2v) is 9.26. The van der Waals surface area contributed by atoms with Gasteiger partial charge in [-0.3, -0.25) is 9.59 Å². The van der Waals surface area contributed by atoms with E-state index in [0.29, 0.717) is 41.7 Å². The molecule has 37 heavy (non-hydrogen) atoms. The topological polar surface area (TPSA) is 90.2 Å². The standard InChI is InChI=1S/C29H22N2O6/c32-27(30-14-20-4-3-11-34-20)19-9-7-18(8-10-19)15-31-23-6-2-1-5-21(23)29(28(31)33)16-35-24-13-26-25(12-22(24)29)36-17-37-26/h1-13H,14-17H2,(H,30,32). The summed E-state index contributed by atoms with van der Waals surface area (Å²) in [5.74, 6) is 2.33. The number of rotatable bonds is 5. The zero-order valence-corrected chi connectivity index (χ0v) is 19.7. The molecule has 7 rings (SSSR count). The largest absolute Gasteiger partial charge is 0.491 e. The van der Waals surface area contributed by atoms with Crippen LogP contribution in [-0.4, -0.2) is 25.2 Å². The number of fused-ring (bicyclic) bond motifs is 5. The molecule has 1 aromatic heterocycles. The third kappa shape index (κ3) is 3.29. The van der Waals surface area contributed by atoms with Crippen molar-refractivity contribution in [1.82, 2.24) is 5.32 Å². The molecular formula is C29H22N2O6. The number of carbonyl (C=O) groups is 2. The number of furan rings is 1. The molecule has 1 spiro atoms. The van der Waals surface area contributed by atoms with Crippen molar-refractivity contribution in [3.63, 3.8) is 0 Å². The predicted molar refractivity (Wildman–Crippen MR) is 133 cm³/mol. The van der Waals surface area contributed by atoms with Crippen molar-refractivity contribution >= 4 is 17.5 Å². The Balaban J connectivity index is 1.16. The van der Waals surface area contributed by atoms with Gasteiger partial charge in [0.2, 0.25) is 12.7 Å². The van der Waals surface area contributed by atoms with E-state index in [0.717, 1.165) is 22.4 Å². The number of anilines is 1. The number of hydrogen-bond acceptors (Lipinski definition) is 6. The third-order valence-corrected chi connectivity index (χ3v) is 7.20. The third-order valence-electron chi connectivity index (χ3n) is 7.20. The quantitative estimate of drug-likeness (QED) is 0.448. The summed E-state index contributed by atoms with van der Waals surface area (Å²) in [7, 11) is 0. The van der Waals surface area contributed by atoms with Gasteiger partial charge in [0.15, 0.2) is 11.5 Å². The van der Waals surface area contributed by atoms with Crippen LogP contribution in [-0.2, 0) is 23.3 Å². The first-order chi connectivity index (χ1) is 18.1. The molecule has 2 amide bonds. The number of ether oxygens (including phenoxy) is 3. The number of benzene rings is 3. The molecule has 3 aromatic carbocycles. The molecule has 4 heterocycles. The number of nitrogens with one attached hydrogen (secondary N) is 1. The second-order valence-electron chi connectivity index (χ2n) is 9.26. The van der Waals surface area contributed by atoms with Gasteiger partial charge in [0, 0.05) is 22.9 Å². The molecule has 0 saturated heterocycles. The summed E-state index contributed by atoms with van der Waals surface area (Å²) in [6, 6.07) is 22.4. The molecule has 1 N–H and O–H groups in total. The van der Waals surface area contributed by atoms with Gasteiger partial charge >= 0.3 is 0 Å². The smallest absolute Gasteiger partial charge is 0.251 e. The maximum absolute atomic E-state index is 14.1. The number of amides is 2. The van der Waals surface area contributed by atoms with Crippen LogP contribution in [0.5, 0.6) is 17.2 Å². The van der Waals surface area contributed by atoms with E-state index < -0.39 is 5.41 Å². The zero-order valence-electron chi connectivity index (χ0n) is 19.7. The summed E-state index contributed by atoms with van der Waals surface area (Å²) in [6.45, 7) is 1.05. The molecule has 0 bridgehead atoms. The van der Waals surface area contributed by atoms with Gasteiger partial charge in [-0.15, -0.1) is 0 Å². The van der Waals surface area contributed by atoms with Crippen LogP contribution in [0.25, 0.3) is 0 Å². The van der Waals surface area contributed by atoms with Gasteiger partial charge in [-0.25, -0.2) is 0 Å². The maximum Gasteiger partial charge on any atom is 0.251 e. The van der Waals surface area contributed by atoms with Gasteiger partial charge in [0.25, 0.3) is 5.91 Å². The summed E-state index contributed by atoms with van der Waals surface area (Å²) in [6.07, 6.45) is 1.57. The van der Waals surface area contributed by atoms with E-state index in [1.165, 1.54) is 0 Å². The van der Waals surface area contributed by atoms with Crippen LogP contribution >= 0.6 is 0 Å². The Labute approximate surface area is 212 Å². The van der Waals surface area contributed by atoms with E-state index >= 15 is 0 Å². The average molecular weight is 495 g/mol. The number of nitrogens with zero attached hydrogens (tertiary/aromatic N) is 1. The molecule has 8 nitrogen and oxygen atoms in total. The summed E-state index contributed by atoms with van der Waals surface area (Å²) >= 11 is 0. The molecule has 3 aliphatic rings. The van der Waals surface area contributed by atoms with Crippen LogP contribution in [0.1, 0.15) is 32.8 Å². The summed E-state index contributed by atoms with van der Waals surface area (Å²) < 4.78 is 22.4. The normalized spacial score (nSPS) is 18.6. The van der Waals surface area contributed by atoms with E-state index in [9.17, 15) is 9.59 Å². The highest BCUT2D eigenvalue weighted by Gasteiger charge is 2.57. The van der Waals surface area contributed by atoms with Crippen molar-refractivity contribution in [3.8, 4) is 17.2 Å². The molecule has 0 aliphatic carbocycles. The molecule has 0 fully saturated rings. The molecule has 184 valence electrons. The Morgan fingerprint density at radius 3 is 2.51 bits per heavy atom. The van der Waals surface area contributed by atoms with Crippen LogP contribution in [0.3, 0.4) is 0 Å². The lowest BCUT2D eigenvalue weighted by Gasteiger charge is -2.23. The van der Waals surface area contributed by atoms with Gasteiger partial charge in [-0.1, -0.05) is 30.3 Å². The summed E-state index contributed by atoms with van der Waals surface area (Å²) in [4.78, 5) is 28.5. The highest BCUT2D eigenvalue weighted by atomic mass is 16.7. The monoisotopic (exact) mass is 494 g/mol. The zero-order chi connectivity index (χ0) is 25.0. The molecular weight excluding hydrogens is 472 g/mol. The first kappa shape index (κ1) is 21.6. The van der Waals surface area contributed by atoms with Crippen molar-refractivity contribution in [3.05, 3.63) is 107 Å². The Bertz CT molecular complexity index is 1530. The van der Waals surface area contributed by atoms with Gasteiger partial charge in [0.05, 0.1) is 19.4 Å². The fourth-order valence-corrected chi connectivity index (χ4v) is 5.35. The Morgan fingerprint density at radius 2 is 1.70 bits per heavy atom. The van der Waals surface area contributed by atoms with E-state index in [-0.39, 0.29) is 25.2 Å². The predicted octanol–water partition coefficient (Wildman–Crippen LogP) is 4.16. The maximum atomic E-state index is 14.1. The van der Waals surface area contributed by atoms with E-state index in [1.807, 2.05) is 48.5 Å². The SMILES string of the molecule is O=C(NCc1ccco1)c1ccc(CN2C(=O)C3(COc4cc5c(cc43)OCO5)c3ccccc32)cc1. The Hall–Kier alpha value is -4.72. The van der Waals surface area contributed by atoms with E-state index in [4.69, 9.17) is 18.6 Å². The first-order valence-corrected chi connectivity index (χ1v) is 12.0. The molecule has 1 unspecified atom stereocenters. The first-order valence-electron chi connectivity index (χ1n) is 12.0.